The van der Waals surface area contributed by atoms with Gasteiger partial charge in [0.1, 0.15) is 0 Å². The molecule has 0 aromatic heterocycles. The van der Waals surface area contributed by atoms with Crippen LogP contribution in [0.15, 0.2) is 30.3 Å². The number of hydrogen-bond acceptors (Lipinski definition) is 5. The van der Waals surface area contributed by atoms with Gasteiger partial charge < -0.3 is 24.0 Å². The van der Waals surface area contributed by atoms with E-state index in [-0.39, 0.29) is 5.91 Å². The summed E-state index contributed by atoms with van der Waals surface area (Å²) in [5.41, 5.74) is 1.35. The highest BCUT2D eigenvalue weighted by molar-refractivity contribution is 6.42. The molecule has 0 aliphatic heterocycles. The summed E-state index contributed by atoms with van der Waals surface area (Å²) in [6, 6.07) is 8.72. The van der Waals surface area contributed by atoms with Gasteiger partial charge in [0.2, 0.25) is 5.75 Å². The lowest BCUT2D eigenvalue weighted by atomic mass is 10.1. The van der Waals surface area contributed by atoms with E-state index >= 15 is 0 Å². The fourth-order valence-corrected chi connectivity index (χ4v) is 3.40. The van der Waals surface area contributed by atoms with Crippen molar-refractivity contribution in [1.29, 1.82) is 0 Å². The van der Waals surface area contributed by atoms with Crippen LogP contribution in [0.1, 0.15) is 22.3 Å². The maximum absolute atomic E-state index is 13.4. The molecule has 0 heterocycles. The van der Waals surface area contributed by atoms with Crippen LogP contribution in [-0.2, 0) is 6.54 Å². The predicted molar refractivity (Wildman–Crippen MR) is 120 cm³/mol. The highest BCUT2D eigenvalue weighted by Crippen LogP contribution is 2.38. The number of amides is 1. The van der Waals surface area contributed by atoms with Crippen molar-refractivity contribution in [2.24, 2.45) is 0 Å². The van der Waals surface area contributed by atoms with Crippen molar-refractivity contribution < 1.29 is 19.0 Å². The average Bonchev–Trinajstić information content (AvgIpc) is 2.73. The Morgan fingerprint density at radius 3 is 2.03 bits per heavy atom. The van der Waals surface area contributed by atoms with Gasteiger partial charge in [0.05, 0.1) is 31.4 Å². The third-order valence-electron chi connectivity index (χ3n) is 4.59. The lowest BCUT2D eigenvalue weighted by molar-refractivity contribution is 0.0736. The summed E-state index contributed by atoms with van der Waals surface area (Å²) in [6.07, 6.45) is 0.824. The van der Waals surface area contributed by atoms with Gasteiger partial charge in [-0.2, -0.15) is 0 Å². The normalized spacial score (nSPS) is 10.8. The number of carbonyl (C=O) groups excluding carboxylic acids is 1. The second kappa shape index (κ2) is 11.3. The topological polar surface area (TPSA) is 51.2 Å². The zero-order valence-electron chi connectivity index (χ0n) is 18.0. The molecular weight excluding hydrogens is 427 g/mol. The van der Waals surface area contributed by atoms with Gasteiger partial charge in [-0.05, 0) is 56.9 Å². The number of methoxy groups -OCH3 is 3. The standard InChI is InChI=1S/C22H28Cl2N2O4/c1-25(2)9-6-10-26(14-15-7-8-17(23)18(24)11-15)22(27)16-12-19(28-3)21(30-5)20(13-16)29-4/h7-8,11-13H,6,9-10,14H2,1-5H3. The molecule has 0 atom stereocenters. The summed E-state index contributed by atoms with van der Waals surface area (Å²) in [7, 11) is 8.58. The minimum absolute atomic E-state index is 0.140. The molecule has 0 radical (unpaired) electrons. The largest absolute Gasteiger partial charge is 0.493 e. The van der Waals surface area contributed by atoms with Crippen LogP contribution in [-0.4, -0.2) is 64.2 Å². The quantitative estimate of drug-likeness (QED) is 0.524. The minimum atomic E-state index is -0.140. The second-order valence-electron chi connectivity index (χ2n) is 7.05. The summed E-state index contributed by atoms with van der Waals surface area (Å²) in [6.45, 7) is 1.84. The molecule has 2 aromatic carbocycles. The van der Waals surface area contributed by atoms with Crippen molar-refractivity contribution in [2.75, 3.05) is 48.5 Å². The molecule has 0 aliphatic rings. The van der Waals surface area contributed by atoms with Gasteiger partial charge in [-0.3, -0.25) is 4.79 Å². The van der Waals surface area contributed by atoms with E-state index in [1.165, 1.54) is 21.3 Å². The van der Waals surface area contributed by atoms with Gasteiger partial charge in [0, 0.05) is 18.7 Å². The third-order valence-corrected chi connectivity index (χ3v) is 5.33. The number of carbonyl (C=O) groups is 1. The van der Waals surface area contributed by atoms with E-state index in [1.807, 2.05) is 20.2 Å². The molecule has 0 aliphatic carbocycles. The first-order chi connectivity index (χ1) is 14.3. The van der Waals surface area contributed by atoms with Crippen LogP contribution in [0.3, 0.4) is 0 Å². The van der Waals surface area contributed by atoms with E-state index in [4.69, 9.17) is 37.4 Å². The summed E-state index contributed by atoms with van der Waals surface area (Å²) in [5.74, 6) is 1.17. The molecule has 8 heteroatoms. The van der Waals surface area contributed by atoms with Gasteiger partial charge >= 0.3 is 0 Å². The van der Waals surface area contributed by atoms with Crippen LogP contribution < -0.4 is 14.2 Å². The Morgan fingerprint density at radius 1 is 0.900 bits per heavy atom. The maximum Gasteiger partial charge on any atom is 0.254 e. The Hall–Kier alpha value is -2.15. The first-order valence-electron chi connectivity index (χ1n) is 9.48. The van der Waals surface area contributed by atoms with Gasteiger partial charge in [-0.1, -0.05) is 29.3 Å². The molecular formula is C22H28Cl2N2O4. The number of hydrogen-bond donors (Lipinski definition) is 0. The van der Waals surface area contributed by atoms with Crippen LogP contribution in [0.5, 0.6) is 17.2 Å². The zero-order valence-corrected chi connectivity index (χ0v) is 19.5. The fourth-order valence-electron chi connectivity index (χ4n) is 3.08. The summed E-state index contributed by atoms with van der Waals surface area (Å²) in [4.78, 5) is 17.3. The number of ether oxygens (including phenoxy) is 3. The molecule has 0 bridgehead atoms. The monoisotopic (exact) mass is 454 g/mol. The fraction of sp³-hybridized carbons (Fsp3) is 0.409. The Bertz CT molecular complexity index is 849. The first-order valence-corrected chi connectivity index (χ1v) is 10.2. The minimum Gasteiger partial charge on any atom is -0.493 e. The molecule has 0 saturated carbocycles. The average molecular weight is 455 g/mol. The first kappa shape index (κ1) is 24.1. The van der Waals surface area contributed by atoms with E-state index in [9.17, 15) is 4.79 Å². The van der Waals surface area contributed by atoms with Crippen LogP contribution in [0.2, 0.25) is 10.0 Å². The number of halogens is 2. The SMILES string of the molecule is COc1cc(C(=O)N(CCCN(C)C)Cc2ccc(Cl)c(Cl)c2)cc(OC)c1OC. The van der Waals surface area contributed by atoms with E-state index < -0.39 is 0 Å². The molecule has 0 spiro atoms. The molecule has 0 saturated heterocycles. The Morgan fingerprint density at radius 2 is 1.53 bits per heavy atom. The molecule has 1 amide bonds. The van der Waals surface area contributed by atoms with Crippen molar-refractivity contribution in [3.05, 3.63) is 51.5 Å². The summed E-state index contributed by atoms with van der Waals surface area (Å²) in [5, 5.41) is 0.943. The molecule has 0 fully saturated rings. The molecule has 2 aromatic rings. The number of nitrogens with zero attached hydrogens (tertiary/aromatic N) is 2. The lowest BCUT2D eigenvalue weighted by Crippen LogP contribution is -2.33. The highest BCUT2D eigenvalue weighted by atomic mass is 35.5. The Kier molecular flexibility index (Phi) is 9.08. The van der Waals surface area contributed by atoms with Gasteiger partial charge in [-0.25, -0.2) is 0 Å². The lowest BCUT2D eigenvalue weighted by Gasteiger charge is -2.25. The van der Waals surface area contributed by atoms with Crippen molar-refractivity contribution in [3.8, 4) is 17.2 Å². The Balaban J connectivity index is 2.36. The predicted octanol–water partition coefficient (Wildman–Crippen LogP) is 4.61. The van der Waals surface area contributed by atoms with Crippen molar-refractivity contribution >= 4 is 29.1 Å². The maximum atomic E-state index is 13.4. The third kappa shape index (κ3) is 6.17. The van der Waals surface area contributed by atoms with Crippen LogP contribution >= 0.6 is 23.2 Å². The number of rotatable bonds is 10. The van der Waals surface area contributed by atoms with E-state index in [0.717, 1.165) is 18.5 Å². The van der Waals surface area contributed by atoms with E-state index in [1.54, 1.807) is 29.2 Å². The van der Waals surface area contributed by atoms with Crippen LogP contribution in [0, 0.1) is 0 Å². The van der Waals surface area contributed by atoms with Gasteiger partial charge in [0.15, 0.2) is 11.5 Å². The molecule has 30 heavy (non-hydrogen) atoms. The Labute approximate surface area is 188 Å². The molecule has 6 nitrogen and oxygen atoms in total. The molecule has 0 N–H and O–H groups in total. The second-order valence-corrected chi connectivity index (χ2v) is 7.86. The van der Waals surface area contributed by atoms with Crippen LogP contribution in [0.25, 0.3) is 0 Å². The smallest absolute Gasteiger partial charge is 0.254 e. The molecule has 0 unspecified atom stereocenters. The van der Waals surface area contributed by atoms with Crippen molar-refractivity contribution in [2.45, 2.75) is 13.0 Å². The highest BCUT2D eigenvalue weighted by Gasteiger charge is 2.21. The van der Waals surface area contributed by atoms with Crippen LogP contribution in [0.4, 0.5) is 0 Å². The van der Waals surface area contributed by atoms with Gasteiger partial charge in [-0.15, -0.1) is 0 Å². The zero-order chi connectivity index (χ0) is 22.3. The van der Waals surface area contributed by atoms with E-state index in [2.05, 4.69) is 4.90 Å². The summed E-state index contributed by atoms with van der Waals surface area (Å²) >= 11 is 12.2. The summed E-state index contributed by atoms with van der Waals surface area (Å²) < 4.78 is 16.1. The van der Waals surface area contributed by atoms with E-state index in [0.29, 0.717) is 45.9 Å². The molecule has 164 valence electrons. The van der Waals surface area contributed by atoms with Crippen molar-refractivity contribution in [3.63, 3.8) is 0 Å². The van der Waals surface area contributed by atoms with Gasteiger partial charge in [0.25, 0.3) is 5.91 Å². The number of benzene rings is 2. The van der Waals surface area contributed by atoms with Crippen molar-refractivity contribution in [1.82, 2.24) is 9.80 Å². The molecule has 2 rings (SSSR count).